The number of nitrogens with two attached hydrogens (primary N) is 1. The van der Waals surface area contributed by atoms with Gasteiger partial charge in [0, 0.05) is 18.3 Å². The first-order chi connectivity index (χ1) is 11.3. The van der Waals surface area contributed by atoms with Crippen LogP contribution in [0.3, 0.4) is 0 Å². The first-order valence-electron chi connectivity index (χ1n) is 7.39. The van der Waals surface area contributed by atoms with E-state index in [9.17, 15) is 14.4 Å². The Morgan fingerprint density at radius 1 is 0.958 bits per heavy atom. The van der Waals surface area contributed by atoms with Gasteiger partial charge in [-0.3, -0.25) is 14.4 Å². The molecule has 24 heavy (non-hydrogen) atoms. The zero-order valence-corrected chi connectivity index (χ0v) is 13.8. The van der Waals surface area contributed by atoms with Gasteiger partial charge >= 0.3 is 11.8 Å². The van der Waals surface area contributed by atoms with Crippen molar-refractivity contribution in [2.45, 2.75) is 20.8 Å². The van der Waals surface area contributed by atoms with Crippen molar-refractivity contribution in [1.29, 1.82) is 0 Å². The van der Waals surface area contributed by atoms with E-state index < -0.39 is 17.7 Å². The van der Waals surface area contributed by atoms with Crippen molar-refractivity contribution in [3.63, 3.8) is 0 Å². The number of para-hydroxylation sites is 1. The number of imide groups is 1. The molecule has 0 spiro atoms. The largest absolute Gasteiger partial charge is 0.399 e. The van der Waals surface area contributed by atoms with Gasteiger partial charge in [-0.25, -0.2) is 4.90 Å². The number of hydrogen-bond donors (Lipinski definition) is 2. The molecule has 2 rings (SSSR count). The fraction of sp³-hybridized carbons (Fsp3) is 0.167. The SMILES string of the molecule is CC(=O)N(C(=O)C(=O)Nc1c(C)cccc1C)c1ccc(N)cc1. The molecule has 0 atom stereocenters. The second-order valence-electron chi connectivity index (χ2n) is 5.47. The summed E-state index contributed by atoms with van der Waals surface area (Å²) in [6, 6.07) is 11.7. The summed E-state index contributed by atoms with van der Waals surface area (Å²) in [6.45, 7) is 4.88. The number of nitrogens with zero attached hydrogens (tertiary/aromatic N) is 1. The van der Waals surface area contributed by atoms with E-state index >= 15 is 0 Å². The molecular weight excluding hydrogens is 306 g/mol. The van der Waals surface area contributed by atoms with Crippen LogP contribution in [-0.4, -0.2) is 17.7 Å². The second-order valence-corrected chi connectivity index (χ2v) is 5.47. The molecule has 2 aromatic rings. The number of anilines is 3. The van der Waals surface area contributed by atoms with E-state index in [1.807, 2.05) is 32.0 Å². The molecule has 0 unspecified atom stereocenters. The first-order valence-corrected chi connectivity index (χ1v) is 7.39. The van der Waals surface area contributed by atoms with Crippen molar-refractivity contribution < 1.29 is 14.4 Å². The van der Waals surface area contributed by atoms with Crippen molar-refractivity contribution in [3.05, 3.63) is 53.6 Å². The third-order valence-corrected chi connectivity index (χ3v) is 3.58. The molecule has 0 saturated carbocycles. The maximum Gasteiger partial charge on any atom is 0.323 e. The van der Waals surface area contributed by atoms with Gasteiger partial charge in [-0.2, -0.15) is 0 Å². The monoisotopic (exact) mass is 325 g/mol. The first kappa shape index (κ1) is 17.2. The molecular formula is C18H19N3O3. The van der Waals surface area contributed by atoms with Gasteiger partial charge in [-0.1, -0.05) is 18.2 Å². The fourth-order valence-corrected chi connectivity index (χ4v) is 2.35. The summed E-state index contributed by atoms with van der Waals surface area (Å²) in [5.41, 5.74) is 8.62. The fourth-order valence-electron chi connectivity index (χ4n) is 2.35. The van der Waals surface area contributed by atoms with Gasteiger partial charge in [-0.05, 0) is 49.2 Å². The Morgan fingerprint density at radius 3 is 2.00 bits per heavy atom. The quantitative estimate of drug-likeness (QED) is 0.655. The van der Waals surface area contributed by atoms with Gasteiger partial charge in [0.1, 0.15) is 0 Å². The second kappa shape index (κ2) is 6.95. The van der Waals surface area contributed by atoms with Gasteiger partial charge in [0.05, 0.1) is 5.69 Å². The van der Waals surface area contributed by atoms with Crippen molar-refractivity contribution >= 4 is 34.8 Å². The van der Waals surface area contributed by atoms with E-state index in [0.717, 1.165) is 16.0 Å². The Bertz CT molecular complexity index is 777. The number of carbonyl (C=O) groups excluding carboxylic acids is 3. The topological polar surface area (TPSA) is 92.5 Å². The van der Waals surface area contributed by atoms with Gasteiger partial charge in [0.2, 0.25) is 5.91 Å². The van der Waals surface area contributed by atoms with Crippen LogP contribution in [0.5, 0.6) is 0 Å². The lowest BCUT2D eigenvalue weighted by Crippen LogP contribution is -2.42. The highest BCUT2D eigenvalue weighted by molar-refractivity contribution is 6.48. The minimum absolute atomic E-state index is 0.290. The Balaban J connectivity index is 2.28. The van der Waals surface area contributed by atoms with Crippen molar-refractivity contribution in [3.8, 4) is 0 Å². The molecule has 0 aliphatic rings. The van der Waals surface area contributed by atoms with Crippen LogP contribution in [-0.2, 0) is 14.4 Å². The summed E-state index contributed by atoms with van der Waals surface area (Å²) in [6.07, 6.45) is 0. The molecule has 0 heterocycles. The number of benzene rings is 2. The molecule has 124 valence electrons. The zero-order valence-electron chi connectivity index (χ0n) is 13.8. The summed E-state index contributed by atoms with van der Waals surface area (Å²) in [5.74, 6) is -2.38. The predicted molar refractivity (Wildman–Crippen MR) is 93.6 cm³/mol. The van der Waals surface area contributed by atoms with E-state index in [-0.39, 0.29) is 0 Å². The standard InChI is InChI=1S/C18H19N3O3/c1-11-5-4-6-12(2)16(11)20-17(23)18(24)21(13(3)22)15-9-7-14(19)8-10-15/h4-10H,19H2,1-3H3,(H,20,23). The van der Waals surface area contributed by atoms with Crippen LogP contribution in [0.15, 0.2) is 42.5 Å². The number of amides is 3. The molecule has 0 fully saturated rings. The summed E-state index contributed by atoms with van der Waals surface area (Å²) < 4.78 is 0. The highest BCUT2D eigenvalue weighted by Crippen LogP contribution is 2.21. The maximum atomic E-state index is 12.5. The van der Waals surface area contributed by atoms with E-state index in [4.69, 9.17) is 5.73 Å². The van der Waals surface area contributed by atoms with Crippen molar-refractivity contribution in [2.75, 3.05) is 16.0 Å². The normalized spacial score (nSPS) is 10.1. The zero-order chi connectivity index (χ0) is 17.9. The molecule has 3 N–H and O–H groups in total. The molecule has 0 aliphatic heterocycles. The van der Waals surface area contributed by atoms with E-state index in [0.29, 0.717) is 17.1 Å². The molecule has 0 aromatic heterocycles. The summed E-state index contributed by atoms with van der Waals surface area (Å²) in [4.78, 5) is 37.5. The van der Waals surface area contributed by atoms with Crippen LogP contribution in [0.2, 0.25) is 0 Å². The minimum atomic E-state index is -0.949. The van der Waals surface area contributed by atoms with Gasteiger partial charge in [-0.15, -0.1) is 0 Å². The van der Waals surface area contributed by atoms with E-state index in [1.54, 1.807) is 12.1 Å². The van der Waals surface area contributed by atoms with Crippen LogP contribution < -0.4 is 16.0 Å². The number of nitrogen functional groups attached to an aromatic ring is 1. The number of nitrogens with one attached hydrogen (secondary N) is 1. The average molecular weight is 325 g/mol. The predicted octanol–water partition coefficient (Wildman–Crippen LogP) is 2.40. The third-order valence-electron chi connectivity index (χ3n) is 3.58. The van der Waals surface area contributed by atoms with Crippen LogP contribution >= 0.6 is 0 Å². The van der Waals surface area contributed by atoms with Crippen LogP contribution in [0.25, 0.3) is 0 Å². The molecule has 0 bridgehead atoms. The molecule has 0 aliphatic carbocycles. The highest BCUT2D eigenvalue weighted by atomic mass is 16.2. The lowest BCUT2D eigenvalue weighted by Gasteiger charge is -2.19. The number of rotatable bonds is 2. The van der Waals surface area contributed by atoms with Crippen molar-refractivity contribution in [2.24, 2.45) is 0 Å². The number of aryl methyl sites for hydroxylation is 2. The van der Waals surface area contributed by atoms with E-state index in [1.165, 1.54) is 19.1 Å². The Labute approximate surface area is 140 Å². The van der Waals surface area contributed by atoms with Crippen molar-refractivity contribution in [1.82, 2.24) is 0 Å². The molecule has 0 saturated heterocycles. The molecule has 2 aromatic carbocycles. The Morgan fingerprint density at radius 2 is 1.50 bits per heavy atom. The smallest absolute Gasteiger partial charge is 0.323 e. The molecule has 6 heteroatoms. The average Bonchev–Trinajstić information content (AvgIpc) is 2.52. The lowest BCUT2D eigenvalue weighted by molar-refractivity contribution is -0.136. The van der Waals surface area contributed by atoms with Gasteiger partial charge in [0.25, 0.3) is 0 Å². The molecule has 6 nitrogen and oxygen atoms in total. The summed E-state index contributed by atoms with van der Waals surface area (Å²) >= 11 is 0. The Kier molecular flexibility index (Phi) is 4.99. The Hall–Kier alpha value is -3.15. The number of hydrogen-bond acceptors (Lipinski definition) is 4. The van der Waals surface area contributed by atoms with Crippen LogP contribution in [0, 0.1) is 13.8 Å². The lowest BCUT2D eigenvalue weighted by atomic mass is 10.1. The molecule has 0 radical (unpaired) electrons. The summed E-state index contributed by atoms with van der Waals surface area (Å²) in [5, 5.41) is 2.59. The van der Waals surface area contributed by atoms with Gasteiger partial charge in [0.15, 0.2) is 0 Å². The van der Waals surface area contributed by atoms with Crippen LogP contribution in [0.4, 0.5) is 17.1 Å². The van der Waals surface area contributed by atoms with Crippen LogP contribution in [0.1, 0.15) is 18.1 Å². The third kappa shape index (κ3) is 3.60. The maximum absolute atomic E-state index is 12.5. The summed E-state index contributed by atoms with van der Waals surface area (Å²) in [7, 11) is 0. The minimum Gasteiger partial charge on any atom is -0.399 e. The number of carbonyl (C=O) groups is 3. The highest BCUT2D eigenvalue weighted by Gasteiger charge is 2.27. The van der Waals surface area contributed by atoms with Gasteiger partial charge < -0.3 is 11.1 Å². The molecule has 3 amide bonds. The van der Waals surface area contributed by atoms with E-state index in [2.05, 4.69) is 5.32 Å².